The van der Waals surface area contributed by atoms with Crippen LogP contribution in [0.1, 0.15) is 5.56 Å². The monoisotopic (exact) mass is 326 g/mol. The largest absolute Gasteiger partial charge is 0.494 e. The van der Waals surface area contributed by atoms with E-state index in [1.807, 2.05) is 0 Å². The van der Waals surface area contributed by atoms with Crippen molar-refractivity contribution in [1.29, 1.82) is 0 Å². The van der Waals surface area contributed by atoms with Crippen molar-refractivity contribution in [2.75, 3.05) is 12.4 Å². The van der Waals surface area contributed by atoms with E-state index in [2.05, 4.69) is 5.32 Å². The first-order valence-electron chi connectivity index (χ1n) is 6.01. The second-order valence-electron chi connectivity index (χ2n) is 4.25. The van der Waals surface area contributed by atoms with E-state index >= 15 is 0 Å². The van der Waals surface area contributed by atoms with Gasteiger partial charge in [-0.25, -0.2) is 0 Å². The van der Waals surface area contributed by atoms with Crippen LogP contribution in [0.3, 0.4) is 0 Å². The highest BCUT2D eigenvalue weighted by molar-refractivity contribution is 6.37. The van der Waals surface area contributed by atoms with Gasteiger partial charge in [0.1, 0.15) is 0 Å². The molecule has 0 saturated carbocycles. The van der Waals surface area contributed by atoms with Crippen LogP contribution < -0.4 is 10.1 Å². The van der Waals surface area contributed by atoms with Gasteiger partial charge in [-0.3, -0.25) is 10.1 Å². The summed E-state index contributed by atoms with van der Waals surface area (Å²) in [4.78, 5) is 10.1. The Morgan fingerprint density at radius 2 is 1.76 bits per heavy atom. The molecule has 0 aliphatic heterocycles. The standard InChI is InChI=1S/C14H12Cl2N2O3/c1-21-14-12(15)6-9(7-13(14)16)8-17-10-2-4-11(5-3-10)18(19)20/h2-7,17H,8H2,1H3. The molecule has 0 saturated heterocycles. The van der Waals surface area contributed by atoms with E-state index in [0.717, 1.165) is 11.3 Å². The first kappa shape index (κ1) is 15.4. The topological polar surface area (TPSA) is 64.4 Å². The molecule has 0 spiro atoms. The van der Waals surface area contributed by atoms with Crippen LogP contribution in [-0.4, -0.2) is 12.0 Å². The lowest BCUT2D eigenvalue weighted by Crippen LogP contribution is -2.00. The molecule has 0 fully saturated rings. The molecule has 0 radical (unpaired) electrons. The number of anilines is 1. The minimum absolute atomic E-state index is 0.0519. The highest BCUT2D eigenvalue weighted by atomic mass is 35.5. The fourth-order valence-corrected chi connectivity index (χ4v) is 2.50. The lowest BCUT2D eigenvalue weighted by atomic mass is 10.2. The Hall–Kier alpha value is -1.98. The maximum absolute atomic E-state index is 10.6. The summed E-state index contributed by atoms with van der Waals surface area (Å²) in [5, 5.41) is 14.6. The predicted octanol–water partition coefficient (Wildman–Crippen LogP) is 4.52. The number of nitrogens with one attached hydrogen (secondary N) is 1. The Balaban J connectivity index is 2.07. The molecule has 110 valence electrons. The summed E-state index contributed by atoms with van der Waals surface area (Å²) in [6, 6.07) is 9.68. The molecule has 5 nitrogen and oxygen atoms in total. The first-order valence-corrected chi connectivity index (χ1v) is 6.77. The maximum Gasteiger partial charge on any atom is 0.269 e. The third-order valence-corrected chi connectivity index (χ3v) is 3.40. The Bertz CT molecular complexity index is 637. The summed E-state index contributed by atoms with van der Waals surface area (Å²) >= 11 is 12.1. The van der Waals surface area contributed by atoms with Gasteiger partial charge < -0.3 is 10.1 Å². The highest BCUT2D eigenvalue weighted by Crippen LogP contribution is 2.34. The van der Waals surface area contributed by atoms with Crippen LogP contribution in [0.5, 0.6) is 5.75 Å². The van der Waals surface area contributed by atoms with E-state index < -0.39 is 4.92 Å². The SMILES string of the molecule is COc1c(Cl)cc(CNc2ccc([N+](=O)[O-])cc2)cc1Cl. The maximum atomic E-state index is 10.6. The normalized spacial score (nSPS) is 10.2. The molecule has 0 aromatic heterocycles. The van der Waals surface area contributed by atoms with Crippen LogP contribution in [-0.2, 0) is 6.54 Å². The molecule has 2 aromatic carbocycles. The number of ether oxygens (including phenoxy) is 1. The second kappa shape index (κ2) is 6.65. The number of nitrogens with zero attached hydrogens (tertiary/aromatic N) is 1. The number of rotatable bonds is 5. The van der Waals surface area contributed by atoms with Crippen LogP contribution >= 0.6 is 23.2 Å². The quantitative estimate of drug-likeness (QED) is 0.648. The first-order chi connectivity index (χ1) is 10.0. The Morgan fingerprint density at radius 3 is 2.24 bits per heavy atom. The van der Waals surface area contributed by atoms with Gasteiger partial charge in [0.2, 0.25) is 0 Å². The fourth-order valence-electron chi connectivity index (χ4n) is 1.81. The van der Waals surface area contributed by atoms with Crippen molar-refractivity contribution in [1.82, 2.24) is 0 Å². The highest BCUT2D eigenvalue weighted by Gasteiger charge is 2.09. The molecule has 2 aromatic rings. The number of nitro groups is 1. The summed E-state index contributed by atoms with van der Waals surface area (Å²) in [6.07, 6.45) is 0. The molecule has 0 aliphatic carbocycles. The smallest absolute Gasteiger partial charge is 0.269 e. The molecule has 0 atom stereocenters. The van der Waals surface area contributed by atoms with Gasteiger partial charge in [-0.05, 0) is 29.8 Å². The number of methoxy groups -OCH3 is 1. The number of hydrogen-bond acceptors (Lipinski definition) is 4. The van der Waals surface area contributed by atoms with Gasteiger partial charge in [-0.15, -0.1) is 0 Å². The molecule has 0 bridgehead atoms. The summed E-state index contributed by atoms with van der Waals surface area (Å²) in [5.74, 6) is 0.442. The molecule has 7 heteroatoms. The molecular formula is C14H12Cl2N2O3. The summed E-state index contributed by atoms with van der Waals surface area (Å²) in [5.41, 5.74) is 1.70. The van der Waals surface area contributed by atoms with Crippen molar-refractivity contribution >= 4 is 34.6 Å². The molecule has 0 heterocycles. The summed E-state index contributed by atoms with van der Waals surface area (Å²) in [7, 11) is 1.50. The molecule has 2 rings (SSSR count). The second-order valence-corrected chi connectivity index (χ2v) is 5.06. The average molecular weight is 327 g/mol. The van der Waals surface area contributed by atoms with E-state index in [0.29, 0.717) is 22.3 Å². The van der Waals surface area contributed by atoms with E-state index in [4.69, 9.17) is 27.9 Å². The number of non-ortho nitro benzene ring substituents is 1. The number of benzene rings is 2. The number of halogens is 2. The van der Waals surface area contributed by atoms with E-state index in [-0.39, 0.29) is 5.69 Å². The van der Waals surface area contributed by atoms with Crippen LogP contribution in [0.4, 0.5) is 11.4 Å². The van der Waals surface area contributed by atoms with Crippen LogP contribution in [0.25, 0.3) is 0 Å². The van der Waals surface area contributed by atoms with Gasteiger partial charge in [0.25, 0.3) is 5.69 Å². The number of nitro benzene ring substituents is 1. The van der Waals surface area contributed by atoms with E-state index in [9.17, 15) is 10.1 Å². The average Bonchev–Trinajstić information content (AvgIpc) is 2.45. The Kier molecular flexibility index (Phi) is 4.88. The van der Waals surface area contributed by atoms with Gasteiger partial charge in [0.15, 0.2) is 5.75 Å². The van der Waals surface area contributed by atoms with Crippen molar-refractivity contribution in [3.05, 3.63) is 62.1 Å². The van der Waals surface area contributed by atoms with Crippen molar-refractivity contribution in [2.24, 2.45) is 0 Å². The number of hydrogen-bond donors (Lipinski definition) is 1. The van der Waals surface area contributed by atoms with Crippen molar-refractivity contribution in [3.8, 4) is 5.75 Å². The molecular weight excluding hydrogens is 315 g/mol. The molecule has 0 unspecified atom stereocenters. The van der Waals surface area contributed by atoms with Crippen molar-refractivity contribution in [2.45, 2.75) is 6.54 Å². The minimum Gasteiger partial charge on any atom is -0.494 e. The zero-order chi connectivity index (χ0) is 15.4. The molecule has 0 aliphatic rings. The van der Waals surface area contributed by atoms with Crippen LogP contribution in [0, 0.1) is 10.1 Å². The predicted molar refractivity (Wildman–Crippen MR) is 83.4 cm³/mol. The van der Waals surface area contributed by atoms with Crippen molar-refractivity contribution in [3.63, 3.8) is 0 Å². The van der Waals surface area contributed by atoms with Crippen molar-refractivity contribution < 1.29 is 9.66 Å². The Morgan fingerprint density at radius 1 is 1.19 bits per heavy atom. The lowest BCUT2D eigenvalue weighted by Gasteiger charge is -2.10. The van der Waals surface area contributed by atoms with E-state index in [1.54, 1.807) is 24.3 Å². The van der Waals surface area contributed by atoms with Gasteiger partial charge >= 0.3 is 0 Å². The van der Waals surface area contributed by atoms with Gasteiger partial charge in [0, 0.05) is 24.4 Å². The third-order valence-electron chi connectivity index (χ3n) is 2.84. The summed E-state index contributed by atoms with van der Waals surface area (Å²) < 4.78 is 5.08. The molecule has 0 amide bonds. The molecule has 21 heavy (non-hydrogen) atoms. The molecule has 1 N–H and O–H groups in total. The lowest BCUT2D eigenvalue weighted by molar-refractivity contribution is -0.384. The fraction of sp³-hybridized carbons (Fsp3) is 0.143. The Labute approximate surface area is 131 Å². The zero-order valence-corrected chi connectivity index (χ0v) is 12.6. The zero-order valence-electron chi connectivity index (χ0n) is 11.1. The van der Waals surface area contributed by atoms with Gasteiger partial charge in [0.05, 0.1) is 22.1 Å². The minimum atomic E-state index is -0.438. The van der Waals surface area contributed by atoms with E-state index in [1.165, 1.54) is 19.2 Å². The van der Waals surface area contributed by atoms with Gasteiger partial charge in [-0.1, -0.05) is 23.2 Å². The van der Waals surface area contributed by atoms with Gasteiger partial charge in [-0.2, -0.15) is 0 Å². The summed E-state index contributed by atoms with van der Waals surface area (Å²) in [6.45, 7) is 0.487. The third kappa shape index (κ3) is 3.77. The van der Waals surface area contributed by atoms with Crippen LogP contribution in [0.2, 0.25) is 10.0 Å². The van der Waals surface area contributed by atoms with Crippen LogP contribution in [0.15, 0.2) is 36.4 Å².